The van der Waals surface area contributed by atoms with Gasteiger partial charge in [-0.15, -0.1) is 0 Å². The monoisotopic (exact) mass is 524 g/mol. The van der Waals surface area contributed by atoms with Gasteiger partial charge in [0.1, 0.15) is 18.2 Å². The Morgan fingerprint density at radius 1 is 0.923 bits per heavy atom. The predicted octanol–water partition coefficient (Wildman–Crippen LogP) is 4.75. The minimum Gasteiger partial charge on any atom is -0.378 e. The van der Waals surface area contributed by atoms with Crippen LogP contribution in [0.2, 0.25) is 0 Å². The Bertz CT molecular complexity index is 1710. The summed E-state index contributed by atoms with van der Waals surface area (Å²) in [5.74, 6) is 0.287. The number of hydrogen-bond donors (Lipinski definition) is 3. The van der Waals surface area contributed by atoms with Crippen molar-refractivity contribution < 1.29 is 23.3 Å². The van der Waals surface area contributed by atoms with Gasteiger partial charge >= 0.3 is 0 Å². The number of fused-ring (bicyclic) bond motifs is 1. The van der Waals surface area contributed by atoms with Gasteiger partial charge in [-0.3, -0.25) is 4.79 Å². The van der Waals surface area contributed by atoms with Crippen molar-refractivity contribution in [2.75, 3.05) is 0 Å². The molecule has 0 fully saturated rings. The van der Waals surface area contributed by atoms with E-state index in [1.54, 1.807) is 36.4 Å². The molecular formula is C28H21FN6O4. The Hall–Kier alpha value is -5.16. The number of alkyl halides is 1. The third-order valence-electron chi connectivity index (χ3n) is 6.19. The molecule has 194 valence electrons. The van der Waals surface area contributed by atoms with Crippen LogP contribution in [0, 0.1) is 0 Å². The van der Waals surface area contributed by atoms with Gasteiger partial charge in [-0.25, -0.2) is 9.37 Å². The van der Waals surface area contributed by atoms with Crippen molar-refractivity contribution >= 4 is 16.9 Å². The van der Waals surface area contributed by atoms with E-state index in [2.05, 4.69) is 30.6 Å². The zero-order chi connectivity index (χ0) is 26.8. The number of hydrogen-bond acceptors (Lipinski definition) is 8. The van der Waals surface area contributed by atoms with Gasteiger partial charge in [0.2, 0.25) is 11.6 Å². The maximum Gasteiger partial charge on any atom is 0.297 e. The number of aromatic amines is 1. The highest BCUT2D eigenvalue weighted by Gasteiger charge is 2.24. The molecule has 3 heterocycles. The molecule has 0 spiro atoms. The first-order chi connectivity index (χ1) is 19.1. The topological polar surface area (TPSA) is 143 Å². The first-order valence-electron chi connectivity index (χ1n) is 12.0. The molecule has 39 heavy (non-hydrogen) atoms. The molecule has 3 aromatic carbocycles. The second kappa shape index (κ2) is 10.3. The molecule has 1 atom stereocenters. The molecule has 0 aliphatic heterocycles. The summed E-state index contributed by atoms with van der Waals surface area (Å²) in [7, 11) is 0. The standard InChI is InChI=1S/C28H21FN6O4/c29-14-19-23(16-6-2-1-3-7-16)34-38-25(19)28-33-26(35-39-28)18-12-10-17(11-13-18)24(36)27(37)30-15-22-31-20-8-4-5-9-21(20)32-22/h1-13,24,36H,14-15H2,(H,30,37)(H,31,32). The van der Waals surface area contributed by atoms with Crippen LogP contribution in [0.15, 0.2) is 87.9 Å². The van der Waals surface area contributed by atoms with E-state index < -0.39 is 18.7 Å². The lowest BCUT2D eigenvalue weighted by Gasteiger charge is -2.11. The van der Waals surface area contributed by atoms with Crippen LogP contribution in [-0.4, -0.2) is 36.3 Å². The minimum atomic E-state index is -1.39. The first-order valence-corrected chi connectivity index (χ1v) is 12.0. The van der Waals surface area contributed by atoms with E-state index in [0.29, 0.717) is 28.2 Å². The smallest absolute Gasteiger partial charge is 0.297 e. The van der Waals surface area contributed by atoms with Gasteiger partial charge in [0.05, 0.1) is 23.1 Å². The van der Waals surface area contributed by atoms with E-state index in [1.165, 1.54) is 0 Å². The quantitative estimate of drug-likeness (QED) is 0.259. The van der Waals surface area contributed by atoms with E-state index in [-0.39, 0.29) is 29.6 Å². The lowest BCUT2D eigenvalue weighted by molar-refractivity contribution is -0.129. The summed E-state index contributed by atoms with van der Waals surface area (Å²) in [5, 5.41) is 21.2. The molecule has 0 saturated heterocycles. The maximum absolute atomic E-state index is 13.9. The molecule has 0 aliphatic carbocycles. The highest BCUT2D eigenvalue weighted by Crippen LogP contribution is 2.33. The fourth-order valence-corrected chi connectivity index (χ4v) is 4.18. The number of para-hydroxylation sites is 2. The lowest BCUT2D eigenvalue weighted by atomic mass is 10.1. The van der Waals surface area contributed by atoms with Crippen LogP contribution >= 0.6 is 0 Å². The van der Waals surface area contributed by atoms with Crippen molar-refractivity contribution in [1.82, 2.24) is 30.6 Å². The van der Waals surface area contributed by atoms with Gasteiger partial charge in [-0.05, 0) is 17.7 Å². The van der Waals surface area contributed by atoms with Crippen molar-refractivity contribution in [2.24, 2.45) is 0 Å². The average Bonchev–Trinajstić information content (AvgIpc) is 3.73. The number of aromatic nitrogens is 5. The summed E-state index contributed by atoms with van der Waals surface area (Å²) in [6, 6.07) is 23.1. The summed E-state index contributed by atoms with van der Waals surface area (Å²) in [6.07, 6.45) is -1.39. The Morgan fingerprint density at radius 2 is 1.69 bits per heavy atom. The molecule has 1 amide bonds. The number of nitrogens with one attached hydrogen (secondary N) is 2. The summed E-state index contributed by atoms with van der Waals surface area (Å²) in [5.41, 5.74) is 3.89. The third kappa shape index (κ3) is 4.78. The molecule has 10 nitrogen and oxygen atoms in total. The molecular weight excluding hydrogens is 503 g/mol. The number of rotatable bonds is 8. The van der Waals surface area contributed by atoms with Crippen LogP contribution in [0.3, 0.4) is 0 Å². The van der Waals surface area contributed by atoms with Crippen molar-refractivity contribution in [1.29, 1.82) is 0 Å². The van der Waals surface area contributed by atoms with Crippen LogP contribution in [0.4, 0.5) is 4.39 Å². The van der Waals surface area contributed by atoms with Gasteiger partial charge in [0.15, 0.2) is 6.10 Å². The molecule has 6 rings (SSSR count). The maximum atomic E-state index is 13.9. The van der Waals surface area contributed by atoms with Crippen LogP contribution < -0.4 is 5.32 Å². The summed E-state index contributed by atoms with van der Waals surface area (Å²) < 4.78 is 24.6. The number of nitrogens with zero attached hydrogens (tertiary/aromatic N) is 4. The van der Waals surface area contributed by atoms with Crippen LogP contribution in [0.1, 0.15) is 23.1 Å². The Balaban J connectivity index is 1.14. The Kier molecular flexibility index (Phi) is 6.39. The van der Waals surface area contributed by atoms with Crippen LogP contribution in [0.25, 0.3) is 45.3 Å². The lowest BCUT2D eigenvalue weighted by Crippen LogP contribution is -2.29. The van der Waals surface area contributed by atoms with E-state index in [0.717, 1.165) is 11.0 Å². The molecule has 3 N–H and O–H groups in total. The number of amides is 1. The fraction of sp³-hybridized carbons (Fsp3) is 0.107. The molecule has 0 aliphatic rings. The number of aliphatic hydroxyl groups is 1. The van der Waals surface area contributed by atoms with E-state index in [4.69, 9.17) is 9.05 Å². The number of aliphatic hydroxyl groups excluding tert-OH is 1. The number of carbonyl (C=O) groups is 1. The normalized spacial score (nSPS) is 12.1. The van der Waals surface area contributed by atoms with Gasteiger partial charge in [-0.1, -0.05) is 77.0 Å². The number of halogens is 1. The number of benzene rings is 3. The molecule has 11 heteroatoms. The zero-order valence-corrected chi connectivity index (χ0v) is 20.3. The van der Waals surface area contributed by atoms with E-state index in [1.807, 2.05) is 42.5 Å². The molecule has 0 radical (unpaired) electrons. The van der Waals surface area contributed by atoms with Gasteiger partial charge in [0.25, 0.3) is 11.8 Å². The second-order valence-electron chi connectivity index (χ2n) is 8.70. The third-order valence-corrected chi connectivity index (χ3v) is 6.19. The Labute approximate surface area is 220 Å². The largest absolute Gasteiger partial charge is 0.378 e. The van der Waals surface area contributed by atoms with Gasteiger partial charge in [-0.2, -0.15) is 4.98 Å². The van der Waals surface area contributed by atoms with E-state index in [9.17, 15) is 14.3 Å². The SMILES string of the molecule is O=C(NCc1nc2ccccc2[nH]1)C(O)c1ccc(-c2noc(-c3onc(-c4ccccc4)c3CF)n2)cc1. The molecule has 6 aromatic rings. The van der Waals surface area contributed by atoms with Crippen molar-refractivity contribution in [3.63, 3.8) is 0 Å². The average molecular weight is 525 g/mol. The van der Waals surface area contributed by atoms with E-state index >= 15 is 0 Å². The highest BCUT2D eigenvalue weighted by molar-refractivity contribution is 5.82. The number of H-pyrrole nitrogens is 1. The summed E-state index contributed by atoms with van der Waals surface area (Å²) >= 11 is 0. The van der Waals surface area contributed by atoms with Crippen LogP contribution in [0.5, 0.6) is 0 Å². The minimum absolute atomic E-state index is 0.0126. The first kappa shape index (κ1) is 24.2. The summed E-state index contributed by atoms with van der Waals surface area (Å²) in [6.45, 7) is -0.686. The molecule has 1 unspecified atom stereocenters. The van der Waals surface area contributed by atoms with Crippen LogP contribution in [-0.2, 0) is 18.0 Å². The highest BCUT2D eigenvalue weighted by atomic mass is 19.1. The zero-order valence-electron chi connectivity index (χ0n) is 20.3. The van der Waals surface area contributed by atoms with Crippen molar-refractivity contribution in [3.05, 3.63) is 95.8 Å². The number of imidazole rings is 1. The fourth-order valence-electron chi connectivity index (χ4n) is 4.18. The predicted molar refractivity (Wildman–Crippen MR) is 138 cm³/mol. The van der Waals surface area contributed by atoms with Gasteiger partial charge < -0.3 is 24.5 Å². The Morgan fingerprint density at radius 3 is 2.46 bits per heavy atom. The number of carbonyl (C=O) groups excluding carboxylic acids is 1. The summed E-state index contributed by atoms with van der Waals surface area (Å²) in [4.78, 5) is 24.4. The van der Waals surface area contributed by atoms with Gasteiger partial charge in [0, 0.05) is 11.1 Å². The second-order valence-corrected chi connectivity index (χ2v) is 8.70. The molecule has 0 saturated carbocycles. The van der Waals surface area contributed by atoms with Crippen molar-refractivity contribution in [2.45, 2.75) is 19.3 Å². The molecule has 3 aromatic heterocycles. The van der Waals surface area contributed by atoms with Crippen molar-refractivity contribution in [3.8, 4) is 34.3 Å². The molecule has 0 bridgehead atoms.